The van der Waals surface area contributed by atoms with Gasteiger partial charge in [0.2, 0.25) is 0 Å². The van der Waals surface area contributed by atoms with Crippen LogP contribution in [0, 0.1) is 12.3 Å². The summed E-state index contributed by atoms with van der Waals surface area (Å²) in [5.74, 6) is 0. The van der Waals surface area contributed by atoms with Crippen LogP contribution < -0.4 is 5.32 Å². The lowest BCUT2D eigenvalue weighted by Crippen LogP contribution is -2.68. The smallest absolute Gasteiger partial charge is 0.0897 e. The van der Waals surface area contributed by atoms with Gasteiger partial charge in [0.15, 0.2) is 0 Å². The monoisotopic (exact) mass is 284 g/mol. The third-order valence-corrected chi connectivity index (χ3v) is 5.11. The van der Waals surface area contributed by atoms with Gasteiger partial charge in [0.25, 0.3) is 0 Å². The first-order chi connectivity index (χ1) is 8.89. The number of rotatable bonds is 6. The van der Waals surface area contributed by atoms with E-state index in [2.05, 4.69) is 29.5 Å². The minimum atomic E-state index is -0.683. The van der Waals surface area contributed by atoms with Crippen molar-refractivity contribution in [3.63, 3.8) is 0 Å². The summed E-state index contributed by atoms with van der Waals surface area (Å²) in [6.45, 7) is 10.1. The van der Waals surface area contributed by atoms with Gasteiger partial charge in [-0.05, 0) is 13.8 Å². The van der Waals surface area contributed by atoms with E-state index < -0.39 is 5.60 Å². The molecule has 0 spiro atoms. The molecule has 1 fully saturated rings. The Labute approximate surface area is 119 Å². The van der Waals surface area contributed by atoms with E-state index in [0.29, 0.717) is 26.1 Å². The maximum atomic E-state index is 10.7. The Bertz CT molecular complexity index is 433. The van der Waals surface area contributed by atoms with Crippen molar-refractivity contribution in [2.45, 2.75) is 52.4 Å². The summed E-state index contributed by atoms with van der Waals surface area (Å²) in [6.07, 6.45) is 0.863. The van der Waals surface area contributed by atoms with E-state index in [1.165, 1.54) is 0 Å². The first kappa shape index (κ1) is 14.9. The largest absolute Gasteiger partial charge is 0.388 e. The van der Waals surface area contributed by atoms with Gasteiger partial charge in [-0.1, -0.05) is 13.8 Å². The molecule has 2 rings (SSSR count). The Morgan fingerprint density at radius 1 is 1.58 bits per heavy atom. The molecule has 1 aliphatic rings. The summed E-state index contributed by atoms with van der Waals surface area (Å²) in [5.41, 5.74) is 0.163. The molecule has 1 heterocycles. The lowest BCUT2D eigenvalue weighted by Gasteiger charge is -2.58. The molecule has 5 heteroatoms. The Kier molecular flexibility index (Phi) is 4.30. The molecule has 0 unspecified atom stereocenters. The third kappa shape index (κ3) is 2.84. The highest BCUT2D eigenvalue weighted by atomic mass is 32.1. The van der Waals surface area contributed by atoms with Gasteiger partial charge in [0.05, 0.1) is 22.4 Å². The summed E-state index contributed by atoms with van der Waals surface area (Å²) in [4.78, 5) is 4.40. The zero-order valence-corrected chi connectivity index (χ0v) is 13.0. The summed E-state index contributed by atoms with van der Waals surface area (Å²) in [7, 11) is 0. The Morgan fingerprint density at radius 3 is 2.84 bits per heavy atom. The molecule has 2 N–H and O–H groups in total. The molecule has 4 nitrogen and oxygen atoms in total. The van der Waals surface area contributed by atoms with Gasteiger partial charge in [0, 0.05) is 36.9 Å². The molecule has 2 atom stereocenters. The zero-order chi connectivity index (χ0) is 14.1. The number of aliphatic hydroxyl groups is 1. The number of nitrogens with one attached hydrogen (secondary N) is 1. The van der Waals surface area contributed by atoms with Crippen molar-refractivity contribution in [1.82, 2.24) is 10.3 Å². The quantitative estimate of drug-likeness (QED) is 0.840. The number of hydrogen-bond donors (Lipinski definition) is 2. The second-order valence-electron chi connectivity index (χ2n) is 5.86. The Hall–Kier alpha value is -0.490. The van der Waals surface area contributed by atoms with Gasteiger partial charge in [-0.25, -0.2) is 4.98 Å². The van der Waals surface area contributed by atoms with Crippen LogP contribution in [0.1, 0.15) is 37.9 Å². The third-order valence-electron chi connectivity index (χ3n) is 4.29. The molecule has 1 aliphatic carbocycles. The SMILES string of the molecule is CCO[C@@H]1C[C@@](O)(CNCc2csc(C)n2)C1(C)C. The fourth-order valence-electron chi connectivity index (χ4n) is 2.65. The van der Waals surface area contributed by atoms with E-state index in [1.54, 1.807) is 11.3 Å². The van der Waals surface area contributed by atoms with Crippen LogP contribution in [0.3, 0.4) is 0 Å². The van der Waals surface area contributed by atoms with E-state index in [1.807, 2.05) is 13.8 Å². The van der Waals surface area contributed by atoms with E-state index in [4.69, 9.17) is 4.74 Å². The van der Waals surface area contributed by atoms with Crippen LogP contribution in [-0.2, 0) is 11.3 Å². The zero-order valence-electron chi connectivity index (χ0n) is 12.2. The van der Waals surface area contributed by atoms with Crippen LogP contribution in [0.2, 0.25) is 0 Å². The summed E-state index contributed by atoms with van der Waals surface area (Å²) in [6, 6.07) is 0. The van der Waals surface area contributed by atoms with Crippen LogP contribution in [-0.4, -0.2) is 34.9 Å². The van der Waals surface area contributed by atoms with Crippen molar-refractivity contribution in [3.8, 4) is 0 Å². The lowest BCUT2D eigenvalue weighted by atomic mass is 9.56. The topological polar surface area (TPSA) is 54.4 Å². The van der Waals surface area contributed by atoms with Gasteiger partial charge < -0.3 is 15.2 Å². The number of aryl methyl sites for hydroxylation is 1. The first-order valence-corrected chi connectivity index (χ1v) is 7.73. The van der Waals surface area contributed by atoms with Crippen molar-refractivity contribution >= 4 is 11.3 Å². The summed E-state index contributed by atoms with van der Waals surface area (Å²) >= 11 is 1.66. The molecule has 0 amide bonds. The minimum absolute atomic E-state index is 0.158. The van der Waals surface area contributed by atoms with E-state index in [-0.39, 0.29) is 11.5 Å². The first-order valence-electron chi connectivity index (χ1n) is 6.85. The molecular weight excluding hydrogens is 260 g/mol. The van der Waals surface area contributed by atoms with Crippen molar-refractivity contribution in [2.75, 3.05) is 13.2 Å². The van der Waals surface area contributed by atoms with Crippen molar-refractivity contribution in [3.05, 3.63) is 16.1 Å². The highest BCUT2D eigenvalue weighted by Crippen LogP contribution is 2.50. The predicted octanol–water partition coefficient (Wildman–Crippen LogP) is 2.11. The Balaban J connectivity index is 1.83. The maximum absolute atomic E-state index is 10.7. The number of hydrogen-bond acceptors (Lipinski definition) is 5. The normalized spacial score (nSPS) is 29.2. The van der Waals surface area contributed by atoms with Gasteiger partial charge >= 0.3 is 0 Å². The molecule has 1 saturated carbocycles. The average molecular weight is 284 g/mol. The molecule has 0 aromatic carbocycles. The molecule has 0 bridgehead atoms. The van der Waals surface area contributed by atoms with E-state index in [9.17, 15) is 5.11 Å². The van der Waals surface area contributed by atoms with Gasteiger partial charge in [-0.3, -0.25) is 0 Å². The van der Waals surface area contributed by atoms with Crippen LogP contribution in [0.4, 0.5) is 0 Å². The summed E-state index contributed by atoms with van der Waals surface area (Å²) in [5, 5.41) is 17.1. The van der Waals surface area contributed by atoms with E-state index in [0.717, 1.165) is 10.7 Å². The fourth-order valence-corrected chi connectivity index (χ4v) is 3.26. The van der Waals surface area contributed by atoms with Gasteiger partial charge in [-0.15, -0.1) is 11.3 Å². The number of ether oxygens (including phenoxy) is 1. The molecule has 1 aromatic heterocycles. The van der Waals surface area contributed by atoms with Crippen molar-refractivity contribution < 1.29 is 9.84 Å². The molecule has 108 valence electrons. The second-order valence-corrected chi connectivity index (χ2v) is 6.93. The molecule has 0 aliphatic heterocycles. The summed E-state index contributed by atoms with van der Waals surface area (Å²) < 4.78 is 5.66. The van der Waals surface area contributed by atoms with E-state index >= 15 is 0 Å². The number of thiazole rings is 1. The molecule has 19 heavy (non-hydrogen) atoms. The van der Waals surface area contributed by atoms with Crippen LogP contribution in [0.25, 0.3) is 0 Å². The van der Waals surface area contributed by atoms with Crippen LogP contribution in [0.5, 0.6) is 0 Å². The molecule has 1 aromatic rings. The Morgan fingerprint density at radius 2 is 2.32 bits per heavy atom. The molecular formula is C14H24N2O2S. The molecule has 0 saturated heterocycles. The van der Waals surface area contributed by atoms with Crippen LogP contribution >= 0.6 is 11.3 Å². The van der Waals surface area contributed by atoms with Gasteiger partial charge in [0.1, 0.15) is 0 Å². The van der Waals surface area contributed by atoms with Crippen LogP contribution in [0.15, 0.2) is 5.38 Å². The highest BCUT2D eigenvalue weighted by molar-refractivity contribution is 7.09. The average Bonchev–Trinajstić information content (AvgIpc) is 2.75. The maximum Gasteiger partial charge on any atom is 0.0897 e. The van der Waals surface area contributed by atoms with Crippen molar-refractivity contribution in [2.24, 2.45) is 5.41 Å². The predicted molar refractivity (Wildman–Crippen MR) is 77.3 cm³/mol. The fraction of sp³-hybridized carbons (Fsp3) is 0.786. The van der Waals surface area contributed by atoms with Crippen molar-refractivity contribution in [1.29, 1.82) is 0 Å². The number of nitrogens with zero attached hydrogens (tertiary/aromatic N) is 1. The minimum Gasteiger partial charge on any atom is -0.388 e. The standard InChI is InChI=1S/C14H24N2O2S/c1-5-18-12-6-14(17,13(12,3)4)9-15-7-11-8-19-10(2)16-11/h8,12,15,17H,5-7,9H2,1-4H3/t12-,14-/m1/s1. The molecule has 0 radical (unpaired) electrons. The second kappa shape index (κ2) is 5.48. The number of aromatic nitrogens is 1. The highest BCUT2D eigenvalue weighted by Gasteiger charge is 2.59. The lowest BCUT2D eigenvalue weighted by molar-refractivity contribution is -0.238. The van der Waals surface area contributed by atoms with Gasteiger partial charge in [-0.2, -0.15) is 0 Å².